The molecular weight excluding hydrogens is 322 g/mol. The van der Waals surface area contributed by atoms with Crippen LogP contribution >= 0.6 is 11.8 Å². The predicted octanol–water partition coefficient (Wildman–Crippen LogP) is 1.95. The lowest BCUT2D eigenvalue weighted by Crippen LogP contribution is -2.36. The minimum atomic E-state index is 0.176. The number of anilines is 1. The van der Waals surface area contributed by atoms with Crippen molar-refractivity contribution in [2.75, 3.05) is 36.8 Å². The van der Waals surface area contributed by atoms with Gasteiger partial charge in [-0.05, 0) is 25.0 Å². The van der Waals surface area contributed by atoms with Crippen molar-refractivity contribution in [2.45, 2.75) is 18.5 Å². The fraction of sp³-hybridized carbons (Fsp3) is 0.471. The smallest absolute Gasteiger partial charge is 0.233 e. The lowest BCUT2D eigenvalue weighted by Gasteiger charge is -2.25. The summed E-state index contributed by atoms with van der Waals surface area (Å²) in [7, 11) is 1.89. The third-order valence-electron chi connectivity index (χ3n) is 4.30. The number of benzene rings is 1. The second-order valence-corrected chi connectivity index (χ2v) is 6.96. The van der Waals surface area contributed by atoms with Crippen LogP contribution in [0.3, 0.4) is 0 Å². The number of hydrogen-bond acceptors (Lipinski definition) is 5. The van der Waals surface area contributed by atoms with Gasteiger partial charge in [-0.15, -0.1) is 10.2 Å². The van der Waals surface area contributed by atoms with E-state index in [2.05, 4.69) is 46.3 Å². The molecule has 1 aliphatic heterocycles. The molecule has 1 saturated heterocycles. The molecule has 0 atom stereocenters. The van der Waals surface area contributed by atoms with Gasteiger partial charge in [-0.1, -0.05) is 30.0 Å². The molecule has 128 valence electrons. The molecule has 0 radical (unpaired) electrons. The zero-order valence-corrected chi connectivity index (χ0v) is 15.0. The molecule has 1 aliphatic rings. The van der Waals surface area contributed by atoms with Crippen molar-refractivity contribution in [3.8, 4) is 0 Å². The van der Waals surface area contributed by atoms with Gasteiger partial charge < -0.3 is 14.4 Å². The Morgan fingerprint density at radius 1 is 1.21 bits per heavy atom. The van der Waals surface area contributed by atoms with E-state index in [9.17, 15) is 4.79 Å². The summed E-state index contributed by atoms with van der Waals surface area (Å²) in [4.78, 5) is 16.9. The van der Waals surface area contributed by atoms with Crippen molar-refractivity contribution in [1.29, 1.82) is 0 Å². The summed E-state index contributed by atoms with van der Waals surface area (Å²) in [5, 5.41) is 8.63. The number of aromatic nitrogens is 3. The van der Waals surface area contributed by atoms with Crippen molar-refractivity contribution in [3.05, 3.63) is 36.2 Å². The highest BCUT2D eigenvalue weighted by molar-refractivity contribution is 7.99. The number of carbonyl (C=O) groups is 1. The Hall–Kier alpha value is -2.02. The minimum absolute atomic E-state index is 0.176. The summed E-state index contributed by atoms with van der Waals surface area (Å²) in [5.74, 6) is 0.589. The Morgan fingerprint density at radius 3 is 2.79 bits per heavy atom. The van der Waals surface area contributed by atoms with E-state index in [1.165, 1.54) is 23.0 Å². The van der Waals surface area contributed by atoms with Gasteiger partial charge in [-0.3, -0.25) is 4.79 Å². The van der Waals surface area contributed by atoms with Gasteiger partial charge in [0.2, 0.25) is 5.91 Å². The van der Waals surface area contributed by atoms with E-state index in [0.717, 1.165) is 37.8 Å². The van der Waals surface area contributed by atoms with Crippen molar-refractivity contribution in [1.82, 2.24) is 19.7 Å². The second kappa shape index (κ2) is 7.70. The third kappa shape index (κ3) is 3.90. The van der Waals surface area contributed by atoms with E-state index >= 15 is 0 Å². The molecule has 0 saturated carbocycles. The van der Waals surface area contributed by atoms with Gasteiger partial charge in [-0.25, -0.2) is 0 Å². The van der Waals surface area contributed by atoms with Gasteiger partial charge in [0.1, 0.15) is 6.33 Å². The number of para-hydroxylation sites is 1. The summed E-state index contributed by atoms with van der Waals surface area (Å²) in [6.45, 7) is 5.60. The van der Waals surface area contributed by atoms with Crippen LogP contribution < -0.4 is 4.90 Å². The van der Waals surface area contributed by atoms with Crippen LogP contribution in [0.5, 0.6) is 0 Å². The van der Waals surface area contributed by atoms with E-state index in [-0.39, 0.29) is 5.91 Å². The second-order valence-electron chi connectivity index (χ2n) is 6.02. The summed E-state index contributed by atoms with van der Waals surface area (Å²) >= 11 is 1.45. The molecule has 7 heteroatoms. The fourth-order valence-electron chi connectivity index (χ4n) is 2.95. The number of amides is 1. The van der Waals surface area contributed by atoms with Crippen LogP contribution in [-0.2, 0) is 11.8 Å². The van der Waals surface area contributed by atoms with E-state index in [1.807, 2.05) is 16.5 Å². The van der Waals surface area contributed by atoms with E-state index in [4.69, 9.17) is 0 Å². The van der Waals surface area contributed by atoms with Crippen LogP contribution in [-0.4, -0.2) is 57.5 Å². The minimum Gasteiger partial charge on any atom is -0.369 e. The van der Waals surface area contributed by atoms with Gasteiger partial charge >= 0.3 is 0 Å². The monoisotopic (exact) mass is 345 g/mol. The van der Waals surface area contributed by atoms with Gasteiger partial charge in [0.15, 0.2) is 5.16 Å². The first-order valence-corrected chi connectivity index (χ1v) is 9.19. The van der Waals surface area contributed by atoms with Crippen LogP contribution in [0.2, 0.25) is 0 Å². The number of nitrogens with zero attached hydrogens (tertiary/aromatic N) is 5. The maximum absolute atomic E-state index is 12.5. The number of thioether (sulfide) groups is 1. The van der Waals surface area contributed by atoms with Crippen molar-refractivity contribution in [2.24, 2.45) is 7.05 Å². The molecule has 2 aromatic rings. The maximum Gasteiger partial charge on any atom is 0.233 e. The lowest BCUT2D eigenvalue weighted by molar-refractivity contribution is -0.128. The number of carbonyl (C=O) groups excluding carboxylic acids is 1. The highest BCUT2D eigenvalue weighted by atomic mass is 32.2. The van der Waals surface area contributed by atoms with Crippen LogP contribution in [0.15, 0.2) is 35.7 Å². The van der Waals surface area contributed by atoms with Gasteiger partial charge in [0, 0.05) is 38.9 Å². The summed E-state index contributed by atoms with van der Waals surface area (Å²) in [6, 6.07) is 8.45. The topological polar surface area (TPSA) is 54.3 Å². The fourth-order valence-corrected chi connectivity index (χ4v) is 3.74. The van der Waals surface area contributed by atoms with Gasteiger partial charge in [0.05, 0.1) is 5.75 Å². The maximum atomic E-state index is 12.5. The van der Waals surface area contributed by atoms with Crippen molar-refractivity contribution >= 4 is 23.4 Å². The number of rotatable bonds is 4. The van der Waals surface area contributed by atoms with E-state index in [0.29, 0.717) is 5.75 Å². The Bertz CT molecular complexity index is 702. The zero-order valence-electron chi connectivity index (χ0n) is 14.2. The van der Waals surface area contributed by atoms with Gasteiger partial charge in [0.25, 0.3) is 0 Å². The molecule has 1 aromatic heterocycles. The highest BCUT2D eigenvalue weighted by Crippen LogP contribution is 2.21. The molecule has 0 aliphatic carbocycles. The van der Waals surface area contributed by atoms with Gasteiger partial charge in [-0.2, -0.15) is 0 Å². The van der Waals surface area contributed by atoms with E-state index in [1.54, 1.807) is 6.33 Å². The molecule has 1 fully saturated rings. The molecule has 2 heterocycles. The largest absolute Gasteiger partial charge is 0.369 e. The summed E-state index contributed by atoms with van der Waals surface area (Å²) in [5.41, 5.74) is 2.57. The molecule has 1 amide bonds. The molecule has 6 nitrogen and oxygen atoms in total. The molecule has 0 unspecified atom stereocenters. The Morgan fingerprint density at radius 2 is 2.04 bits per heavy atom. The zero-order chi connectivity index (χ0) is 16.9. The molecular formula is C17H23N5OS. The van der Waals surface area contributed by atoms with Crippen LogP contribution in [0, 0.1) is 6.92 Å². The molecule has 0 bridgehead atoms. The Balaban J connectivity index is 1.56. The number of hydrogen-bond donors (Lipinski definition) is 0. The van der Waals surface area contributed by atoms with Crippen molar-refractivity contribution < 1.29 is 4.79 Å². The quantitative estimate of drug-likeness (QED) is 0.793. The first-order valence-electron chi connectivity index (χ1n) is 8.20. The first kappa shape index (κ1) is 16.8. The number of aryl methyl sites for hydroxylation is 2. The van der Waals surface area contributed by atoms with Crippen LogP contribution in [0.1, 0.15) is 12.0 Å². The normalized spacial score (nSPS) is 15.4. The molecule has 1 aromatic carbocycles. The predicted molar refractivity (Wildman–Crippen MR) is 96.3 cm³/mol. The first-order chi connectivity index (χ1) is 11.6. The standard InChI is InChI=1S/C17H23N5OS/c1-14-6-3-4-7-15(14)21-8-5-9-22(11-10-21)16(23)12-24-17-19-18-13-20(17)2/h3-4,6-7,13H,5,8-12H2,1-2H3. The van der Waals surface area contributed by atoms with Crippen LogP contribution in [0.25, 0.3) is 0 Å². The average Bonchev–Trinajstić information content (AvgIpc) is 2.84. The van der Waals surface area contributed by atoms with E-state index < -0.39 is 0 Å². The molecule has 0 spiro atoms. The Labute approximate surface area is 146 Å². The lowest BCUT2D eigenvalue weighted by atomic mass is 10.2. The SMILES string of the molecule is Cc1ccccc1N1CCCN(C(=O)CSc2nncn2C)CC1. The van der Waals surface area contributed by atoms with Crippen molar-refractivity contribution in [3.63, 3.8) is 0 Å². The van der Waals surface area contributed by atoms with Crippen LogP contribution in [0.4, 0.5) is 5.69 Å². The summed E-state index contributed by atoms with van der Waals surface area (Å²) in [6.07, 6.45) is 2.65. The third-order valence-corrected chi connectivity index (χ3v) is 5.32. The highest BCUT2D eigenvalue weighted by Gasteiger charge is 2.20. The Kier molecular flexibility index (Phi) is 5.40. The summed E-state index contributed by atoms with van der Waals surface area (Å²) < 4.78 is 1.83. The molecule has 24 heavy (non-hydrogen) atoms. The molecule has 0 N–H and O–H groups in total. The molecule has 3 rings (SSSR count). The average molecular weight is 345 g/mol.